The van der Waals surface area contributed by atoms with E-state index in [1.807, 2.05) is 0 Å². The average Bonchev–Trinajstić information content (AvgIpc) is 2.58. The first-order chi connectivity index (χ1) is 10.4. The lowest BCUT2D eigenvalue weighted by atomic mass is 9.30. The molecule has 0 nitrogen and oxygen atoms in total. The Morgan fingerprint density at radius 3 is 1.90 bits per heavy atom. The van der Waals surface area contributed by atoms with Gasteiger partial charge in [0.05, 0.1) is 0 Å². The van der Waals surface area contributed by atoms with E-state index in [-0.39, 0.29) is 0 Å². The maximum absolute atomic E-state index is 2.67. The molecule has 1 heteroatoms. The second kappa shape index (κ2) is 8.25. The van der Waals surface area contributed by atoms with Crippen LogP contribution in [0, 0.1) is 0 Å². The van der Waals surface area contributed by atoms with Crippen molar-refractivity contribution in [2.24, 2.45) is 0 Å². The number of hydrogen-bond donors (Lipinski definition) is 0. The van der Waals surface area contributed by atoms with E-state index in [1.165, 1.54) is 89.9 Å². The van der Waals surface area contributed by atoms with E-state index >= 15 is 0 Å². The van der Waals surface area contributed by atoms with E-state index < -0.39 is 0 Å². The van der Waals surface area contributed by atoms with Gasteiger partial charge < -0.3 is 0 Å². The molecule has 2 fully saturated rings. The third-order valence-corrected chi connectivity index (χ3v) is 6.25. The Morgan fingerprint density at radius 1 is 0.762 bits per heavy atom. The first-order valence-electron chi connectivity index (χ1n) is 9.81. The zero-order valence-electron chi connectivity index (χ0n) is 13.9. The van der Waals surface area contributed by atoms with Gasteiger partial charge in [0, 0.05) is 0 Å². The quantitative estimate of drug-likeness (QED) is 0.501. The van der Waals surface area contributed by atoms with Gasteiger partial charge in [-0.25, -0.2) is 0 Å². The molecule has 3 rings (SSSR count). The van der Waals surface area contributed by atoms with Crippen LogP contribution in [-0.2, 0) is 0 Å². The summed E-state index contributed by atoms with van der Waals surface area (Å²) in [5, 5.41) is 0. The van der Waals surface area contributed by atoms with Crippen molar-refractivity contribution in [1.29, 1.82) is 0 Å². The highest BCUT2D eigenvalue weighted by Crippen LogP contribution is 2.42. The van der Waals surface area contributed by atoms with E-state index in [2.05, 4.69) is 18.1 Å². The summed E-state index contributed by atoms with van der Waals surface area (Å²) in [6.07, 6.45) is 25.5. The summed E-state index contributed by atoms with van der Waals surface area (Å²) >= 11 is 0. The van der Waals surface area contributed by atoms with E-state index in [0.717, 1.165) is 18.3 Å². The molecular weight excluding hydrogens is 251 g/mol. The molecule has 0 N–H and O–H groups in total. The lowest BCUT2D eigenvalue weighted by molar-refractivity contribution is 0.464. The molecule has 0 amide bonds. The highest BCUT2D eigenvalue weighted by Gasteiger charge is 2.32. The van der Waals surface area contributed by atoms with Crippen LogP contribution in [0.5, 0.6) is 0 Å². The molecule has 0 heterocycles. The number of allylic oxidation sites excluding steroid dienone is 3. The minimum atomic E-state index is 0.897. The Bertz CT molecular complexity index is 338. The summed E-state index contributed by atoms with van der Waals surface area (Å²) in [7, 11) is 0. The maximum Gasteiger partial charge on any atom is 0.172 e. The third-order valence-electron chi connectivity index (χ3n) is 6.25. The summed E-state index contributed by atoms with van der Waals surface area (Å²) in [6, 6.07) is 0. The zero-order valence-corrected chi connectivity index (χ0v) is 13.9. The predicted octanol–water partition coefficient (Wildman–Crippen LogP) is 6.75. The minimum Gasteiger partial charge on any atom is -0.114 e. The Balaban J connectivity index is 1.67. The van der Waals surface area contributed by atoms with Gasteiger partial charge in [0.2, 0.25) is 0 Å². The first-order valence-corrected chi connectivity index (χ1v) is 9.81. The van der Waals surface area contributed by atoms with Crippen LogP contribution in [0.25, 0.3) is 0 Å². The van der Waals surface area contributed by atoms with Gasteiger partial charge in [-0.1, -0.05) is 93.6 Å². The van der Waals surface area contributed by atoms with Crippen LogP contribution in [0.15, 0.2) is 23.7 Å². The topological polar surface area (TPSA) is 0 Å². The van der Waals surface area contributed by atoms with Gasteiger partial charge in [0.1, 0.15) is 0 Å². The van der Waals surface area contributed by atoms with Crippen molar-refractivity contribution in [1.82, 2.24) is 0 Å². The SMILES string of the molecule is C1=C(/C=C/B(C2CCCCC2)C2CCCCC2)CCCC1. The molecule has 0 unspecified atom stereocenters. The van der Waals surface area contributed by atoms with Crippen molar-refractivity contribution >= 4 is 6.71 Å². The molecule has 0 spiro atoms. The van der Waals surface area contributed by atoms with Crippen molar-refractivity contribution in [2.75, 3.05) is 0 Å². The normalized spacial score (nSPS) is 26.0. The molecule has 0 aliphatic heterocycles. The van der Waals surface area contributed by atoms with E-state index in [1.54, 1.807) is 5.57 Å². The standard InChI is InChI=1S/C20H33B/c1-4-10-18(11-5-1)16-17-21(19-12-6-2-7-13-19)20-14-8-3-9-15-20/h10,16-17,19-20H,1-9,11-15H2/b17-16+. The molecule has 21 heavy (non-hydrogen) atoms. The second-order valence-electron chi connectivity index (χ2n) is 7.76. The Kier molecular flexibility index (Phi) is 6.07. The fourth-order valence-electron chi connectivity index (χ4n) is 4.99. The molecule has 3 aliphatic carbocycles. The molecule has 0 aromatic carbocycles. The highest BCUT2D eigenvalue weighted by atomic mass is 14.2. The van der Waals surface area contributed by atoms with Gasteiger partial charge in [-0.2, -0.15) is 0 Å². The lowest BCUT2D eigenvalue weighted by Gasteiger charge is -2.34. The minimum absolute atomic E-state index is 0.897. The van der Waals surface area contributed by atoms with E-state index in [4.69, 9.17) is 0 Å². The van der Waals surface area contributed by atoms with Gasteiger partial charge in [-0.3, -0.25) is 0 Å². The van der Waals surface area contributed by atoms with Crippen LogP contribution in [-0.4, -0.2) is 6.71 Å². The van der Waals surface area contributed by atoms with Gasteiger partial charge in [0.25, 0.3) is 0 Å². The van der Waals surface area contributed by atoms with Crippen LogP contribution in [0.1, 0.15) is 89.9 Å². The molecule has 0 bridgehead atoms. The van der Waals surface area contributed by atoms with Crippen molar-refractivity contribution in [3.05, 3.63) is 23.7 Å². The monoisotopic (exact) mass is 284 g/mol. The Morgan fingerprint density at radius 2 is 1.38 bits per heavy atom. The van der Waals surface area contributed by atoms with Crippen LogP contribution >= 0.6 is 0 Å². The smallest absolute Gasteiger partial charge is 0.114 e. The molecule has 0 atom stereocenters. The summed E-state index contributed by atoms with van der Waals surface area (Å²) in [5.74, 6) is 4.67. The zero-order chi connectivity index (χ0) is 14.3. The van der Waals surface area contributed by atoms with E-state index in [9.17, 15) is 0 Å². The van der Waals surface area contributed by atoms with Gasteiger partial charge in [0.15, 0.2) is 6.71 Å². The molecule has 3 aliphatic rings. The second-order valence-corrected chi connectivity index (χ2v) is 7.76. The van der Waals surface area contributed by atoms with Crippen molar-refractivity contribution in [3.63, 3.8) is 0 Å². The first kappa shape index (κ1) is 15.4. The summed E-state index contributed by atoms with van der Waals surface area (Å²) in [5.41, 5.74) is 1.64. The summed E-state index contributed by atoms with van der Waals surface area (Å²) in [4.78, 5) is 0. The largest absolute Gasteiger partial charge is 0.172 e. The molecule has 0 radical (unpaired) electrons. The fraction of sp³-hybridized carbons (Fsp3) is 0.800. The Hall–Kier alpha value is -0.455. The molecular formula is C20H33B. The average molecular weight is 284 g/mol. The summed E-state index contributed by atoms with van der Waals surface area (Å²) < 4.78 is 0. The summed E-state index contributed by atoms with van der Waals surface area (Å²) in [6.45, 7) is 0.897. The van der Waals surface area contributed by atoms with Gasteiger partial charge in [-0.15, -0.1) is 5.98 Å². The Labute approximate surface area is 132 Å². The van der Waals surface area contributed by atoms with E-state index in [0.29, 0.717) is 0 Å². The fourth-order valence-corrected chi connectivity index (χ4v) is 4.99. The highest BCUT2D eigenvalue weighted by molar-refractivity contribution is 6.67. The van der Waals surface area contributed by atoms with Crippen molar-refractivity contribution in [3.8, 4) is 0 Å². The van der Waals surface area contributed by atoms with Crippen LogP contribution in [0.4, 0.5) is 0 Å². The molecule has 0 saturated heterocycles. The predicted molar refractivity (Wildman–Crippen MR) is 95.1 cm³/mol. The number of hydrogen-bond acceptors (Lipinski definition) is 0. The van der Waals surface area contributed by atoms with Gasteiger partial charge >= 0.3 is 0 Å². The van der Waals surface area contributed by atoms with Crippen LogP contribution in [0.2, 0.25) is 11.6 Å². The maximum atomic E-state index is 2.67. The molecule has 0 aromatic rings. The van der Waals surface area contributed by atoms with Gasteiger partial charge in [-0.05, 0) is 25.7 Å². The lowest BCUT2D eigenvalue weighted by Crippen LogP contribution is -2.28. The third kappa shape index (κ3) is 4.50. The molecule has 116 valence electrons. The number of rotatable bonds is 4. The van der Waals surface area contributed by atoms with Crippen molar-refractivity contribution < 1.29 is 0 Å². The van der Waals surface area contributed by atoms with Crippen molar-refractivity contribution in [2.45, 2.75) is 102 Å². The molecule has 2 saturated carbocycles. The van der Waals surface area contributed by atoms with Crippen LogP contribution in [0.3, 0.4) is 0 Å². The van der Waals surface area contributed by atoms with Crippen LogP contribution < -0.4 is 0 Å². The molecule has 0 aromatic heterocycles.